The molecule has 0 aliphatic heterocycles. The van der Waals surface area contributed by atoms with E-state index in [9.17, 15) is 4.79 Å². The molecule has 0 saturated carbocycles. The number of carbonyl (C=O) groups is 1. The normalized spacial score (nSPS) is 12.7. The summed E-state index contributed by atoms with van der Waals surface area (Å²) in [5.74, 6) is -0.258. The van der Waals surface area contributed by atoms with Crippen LogP contribution in [0.3, 0.4) is 0 Å². The van der Waals surface area contributed by atoms with Crippen LogP contribution in [0, 0.1) is 0 Å². The lowest BCUT2D eigenvalue weighted by Crippen LogP contribution is -2.25. The van der Waals surface area contributed by atoms with E-state index in [2.05, 4.69) is 10.5 Å². The van der Waals surface area contributed by atoms with E-state index in [1.165, 1.54) is 0 Å². The average Bonchev–Trinajstić information content (AvgIpc) is 2.79. The van der Waals surface area contributed by atoms with Gasteiger partial charge in [-0.15, -0.1) is 0 Å². The largest absolute Gasteiger partial charge is 0.367 e. The molecule has 1 amide bonds. The Balaban J connectivity index is 1.73. The molecule has 3 aromatic carbocycles. The van der Waals surface area contributed by atoms with Crippen molar-refractivity contribution in [2.75, 3.05) is 0 Å². The lowest BCUT2D eigenvalue weighted by molar-refractivity contribution is 0.0932. The minimum Gasteiger partial charge on any atom is -0.367 e. The van der Waals surface area contributed by atoms with Gasteiger partial charge in [0.25, 0.3) is 5.91 Å². The number of nitrogens with zero attached hydrogens (tertiary/aromatic N) is 1. The number of amides is 1. The van der Waals surface area contributed by atoms with Gasteiger partial charge >= 0.3 is 0 Å². The molecule has 0 heterocycles. The number of carbonyl (C=O) groups excluding carboxylic acids is 1. The molecule has 3 aromatic rings. The first-order valence-corrected chi connectivity index (χ1v) is 9.54. The van der Waals surface area contributed by atoms with Crippen molar-refractivity contribution in [1.82, 2.24) is 5.43 Å². The van der Waals surface area contributed by atoms with Crippen molar-refractivity contribution >= 4 is 17.7 Å². The van der Waals surface area contributed by atoms with E-state index in [1.54, 1.807) is 12.1 Å². The zero-order valence-corrected chi connectivity index (χ0v) is 16.4. The second kappa shape index (κ2) is 10.7. The van der Waals surface area contributed by atoms with E-state index in [-0.39, 0.29) is 12.0 Å². The molecule has 0 bridgehead atoms. The number of benzene rings is 3. The van der Waals surface area contributed by atoms with Crippen LogP contribution in [-0.2, 0) is 11.3 Å². The van der Waals surface area contributed by atoms with Gasteiger partial charge in [-0.05, 0) is 36.3 Å². The predicted molar refractivity (Wildman–Crippen MR) is 118 cm³/mol. The van der Waals surface area contributed by atoms with Crippen LogP contribution in [0.15, 0.2) is 102 Å². The number of hydrogen-bond acceptors (Lipinski definition) is 3. The molecule has 1 atom stereocenters. The zero-order valence-electron chi connectivity index (χ0n) is 16.4. The van der Waals surface area contributed by atoms with Gasteiger partial charge < -0.3 is 4.74 Å². The van der Waals surface area contributed by atoms with Crippen molar-refractivity contribution in [3.8, 4) is 0 Å². The van der Waals surface area contributed by atoms with E-state index >= 15 is 0 Å². The molecule has 0 fully saturated rings. The first kappa shape index (κ1) is 20.2. The van der Waals surface area contributed by atoms with Crippen LogP contribution < -0.4 is 5.43 Å². The van der Waals surface area contributed by atoms with Crippen LogP contribution in [-0.4, -0.2) is 17.7 Å². The number of hydrogen-bond donors (Lipinski definition) is 1. The Morgan fingerprint density at radius 1 is 0.931 bits per heavy atom. The van der Waals surface area contributed by atoms with Gasteiger partial charge in [-0.25, -0.2) is 5.43 Å². The van der Waals surface area contributed by atoms with Gasteiger partial charge in [-0.2, -0.15) is 5.10 Å². The van der Waals surface area contributed by atoms with Crippen molar-refractivity contribution in [3.63, 3.8) is 0 Å². The highest BCUT2D eigenvalue weighted by Crippen LogP contribution is 2.08. The first-order chi connectivity index (χ1) is 14.2. The van der Waals surface area contributed by atoms with Gasteiger partial charge in [0.1, 0.15) is 0 Å². The maximum atomic E-state index is 12.3. The van der Waals surface area contributed by atoms with Gasteiger partial charge in [-0.1, -0.05) is 84.9 Å². The lowest BCUT2D eigenvalue weighted by Gasteiger charge is -2.14. The maximum Gasteiger partial charge on any atom is 0.271 e. The third-order valence-corrected chi connectivity index (χ3v) is 4.33. The topological polar surface area (TPSA) is 50.7 Å². The molecule has 0 spiro atoms. The van der Waals surface area contributed by atoms with Crippen LogP contribution in [0.1, 0.15) is 28.4 Å². The Morgan fingerprint density at radius 2 is 1.52 bits per heavy atom. The first-order valence-electron chi connectivity index (χ1n) is 9.54. The molecular formula is C25H24N2O2. The van der Waals surface area contributed by atoms with Crippen molar-refractivity contribution in [1.29, 1.82) is 0 Å². The number of hydrazone groups is 1. The Hall–Kier alpha value is -3.50. The fraction of sp³-hybridized carbons (Fsp3) is 0.120. The highest BCUT2D eigenvalue weighted by atomic mass is 16.5. The molecule has 0 radical (unpaired) electrons. The standard InChI is InChI=1S/C25H24N2O2/c1-20(29-19-22-13-7-3-8-14-22)24(18-17-21-11-5-2-6-12-21)26-27-25(28)23-15-9-4-10-16-23/h2-18,20H,19H2,1H3,(H,27,28)/b18-17+,26-24+/t20-/m0/s1. The molecule has 3 rings (SSSR count). The third kappa shape index (κ3) is 6.55. The van der Waals surface area contributed by atoms with Gasteiger partial charge in [-0.3, -0.25) is 4.79 Å². The Kier molecular flexibility index (Phi) is 7.49. The van der Waals surface area contributed by atoms with Crippen LogP contribution in [0.4, 0.5) is 0 Å². The van der Waals surface area contributed by atoms with Crippen molar-refractivity contribution in [2.45, 2.75) is 19.6 Å². The number of nitrogens with one attached hydrogen (secondary N) is 1. The van der Waals surface area contributed by atoms with Crippen LogP contribution in [0.5, 0.6) is 0 Å². The Bertz CT molecular complexity index is 952. The second-order valence-electron chi connectivity index (χ2n) is 6.53. The van der Waals surface area contributed by atoms with E-state index in [0.717, 1.165) is 11.1 Å². The lowest BCUT2D eigenvalue weighted by atomic mass is 10.1. The minimum absolute atomic E-state index is 0.258. The number of rotatable bonds is 8. The second-order valence-corrected chi connectivity index (χ2v) is 6.53. The Morgan fingerprint density at radius 3 is 2.17 bits per heavy atom. The molecule has 29 heavy (non-hydrogen) atoms. The maximum absolute atomic E-state index is 12.3. The SMILES string of the molecule is C[C@H](OCc1ccccc1)C(/C=C/c1ccccc1)=N/NC(=O)c1ccccc1. The highest BCUT2D eigenvalue weighted by molar-refractivity contribution is 6.02. The molecule has 0 aliphatic carbocycles. The quantitative estimate of drug-likeness (QED) is 0.434. The fourth-order valence-electron chi connectivity index (χ4n) is 2.66. The summed E-state index contributed by atoms with van der Waals surface area (Å²) >= 11 is 0. The highest BCUT2D eigenvalue weighted by Gasteiger charge is 2.11. The van der Waals surface area contributed by atoms with E-state index in [4.69, 9.17) is 4.74 Å². The van der Waals surface area contributed by atoms with Crippen molar-refractivity contribution < 1.29 is 9.53 Å². The summed E-state index contributed by atoms with van der Waals surface area (Å²) in [6.45, 7) is 2.39. The summed E-state index contributed by atoms with van der Waals surface area (Å²) in [6, 6.07) is 28.9. The molecular weight excluding hydrogens is 360 g/mol. The molecule has 0 saturated heterocycles. The molecule has 0 aromatic heterocycles. The van der Waals surface area contributed by atoms with Gasteiger partial charge in [0.15, 0.2) is 0 Å². The van der Waals surface area contributed by atoms with E-state index in [0.29, 0.717) is 17.9 Å². The van der Waals surface area contributed by atoms with E-state index in [1.807, 2.05) is 97.9 Å². The Labute approximate surface area is 171 Å². The molecule has 1 N–H and O–H groups in total. The van der Waals surface area contributed by atoms with Gasteiger partial charge in [0, 0.05) is 5.56 Å². The van der Waals surface area contributed by atoms with Crippen molar-refractivity contribution in [2.24, 2.45) is 5.10 Å². The monoisotopic (exact) mass is 384 g/mol. The summed E-state index contributed by atoms with van der Waals surface area (Å²) < 4.78 is 5.98. The van der Waals surface area contributed by atoms with Crippen LogP contribution in [0.2, 0.25) is 0 Å². The van der Waals surface area contributed by atoms with Gasteiger partial charge in [0.2, 0.25) is 0 Å². The summed E-state index contributed by atoms with van der Waals surface area (Å²) in [5, 5.41) is 4.33. The van der Waals surface area contributed by atoms with Crippen LogP contribution >= 0.6 is 0 Å². The smallest absolute Gasteiger partial charge is 0.271 e. The third-order valence-electron chi connectivity index (χ3n) is 4.33. The van der Waals surface area contributed by atoms with Crippen molar-refractivity contribution in [3.05, 3.63) is 114 Å². The molecule has 4 nitrogen and oxygen atoms in total. The predicted octanol–water partition coefficient (Wildman–Crippen LogP) is 5.09. The zero-order chi connectivity index (χ0) is 20.3. The van der Waals surface area contributed by atoms with Gasteiger partial charge in [0.05, 0.1) is 18.4 Å². The van der Waals surface area contributed by atoms with E-state index < -0.39 is 0 Å². The molecule has 4 heteroatoms. The van der Waals surface area contributed by atoms with Crippen LogP contribution in [0.25, 0.3) is 6.08 Å². The molecule has 0 aliphatic rings. The minimum atomic E-state index is -0.300. The molecule has 0 unspecified atom stereocenters. The average molecular weight is 384 g/mol. The summed E-state index contributed by atoms with van der Waals surface area (Å²) in [6.07, 6.45) is 3.53. The summed E-state index contributed by atoms with van der Waals surface area (Å²) in [4.78, 5) is 12.3. The summed E-state index contributed by atoms with van der Waals surface area (Å²) in [5.41, 5.74) is 5.95. The number of ether oxygens (including phenoxy) is 1. The fourth-order valence-corrected chi connectivity index (χ4v) is 2.66. The summed E-state index contributed by atoms with van der Waals surface area (Å²) in [7, 11) is 0. The molecule has 146 valence electrons.